The summed E-state index contributed by atoms with van der Waals surface area (Å²) in [6.45, 7) is 1.44. The number of non-ortho nitro benzene ring substituents is 1. The molecule has 0 aliphatic carbocycles. The summed E-state index contributed by atoms with van der Waals surface area (Å²) in [6.07, 6.45) is 0.523. The van der Waals surface area contributed by atoms with Crippen LogP contribution in [0.1, 0.15) is 22.8 Å². The van der Waals surface area contributed by atoms with Crippen LogP contribution in [-0.2, 0) is 4.79 Å². The Labute approximate surface area is 108 Å². The Morgan fingerprint density at radius 2 is 2.28 bits per heavy atom. The second kappa shape index (κ2) is 6.57. The van der Waals surface area contributed by atoms with Crippen LogP contribution in [0.5, 0.6) is 0 Å². The van der Waals surface area contributed by atoms with E-state index >= 15 is 0 Å². The zero-order chi connectivity index (χ0) is 13.5. The predicted octanol–water partition coefficient (Wildman–Crippen LogP) is 2.04. The first-order chi connectivity index (χ1) is 8.54. The van der Waals surface area contributed by atoms with E-state index in [0.29, 0.717) is 17.6 Å². The maximum absolute atomic E-state index is 10.8. The third-order valence-electron chi connectivity index (χ3n) is 1.94. The van der Waals surface area contributed by atoms with Crippen LogP contribution in [0.3, 0.4) is 0 Å². The van der Waals surface area contributed by atoms with Gasteiger partial charge in [0.15, 0.2) is 11.4 Å². The number of carbonyl (C=O) groups is 2. The van der Waals surface area contributed by atoms with Gasteiger partial charge in [-0.15, -0.1) is 0 Å². The molecule has 0 N–H and O–H groups in total. The van der Waals surface area contributed by atoms with E-state index in [9.17, 15) is 19.7 Å². The van der Waals surface area contributed by atoms with E-state index < -0.39 is 4.92 Å². The fourth-order valence-electron chi connectivity index (χ4n) is 1.14. The Morgan fingerprint density at radius 3 is 2.83 bits per heavy atom. The summed E-state index contributed by atoms with van der Waals surface area (Å²) in [5.74, 6) is 5.75. The Kier molecular flexibility index (Phi) is 5.08. The van der Waals surface area contributed by atoms with Crippen molar-refractivity contribution < 1.29 is 14.5 Å². The maximum atomic E-state index is 10.8. The molecule has 0 amide bonds. The molecule has 0 saturated heterocycles. The molecule has 0 bridgehead atoms. The fourth-order valence-corrected chi connectivity index (χ4v) is 1.49. The van der Waals surface area contributed by atoms with E-state index in [4.69, 9.17) is 0 Å². The molecule has 1 aromatic carbocycles. The van der Waals surface area contributed by atoms with Crippen LogP contribution in [0.2, 0.25) is 0 Å². The van der Waals surface area contributed by atoms with Gasteiger partial charge in [-0.05, 0) is 6.07 Å². The van der Waals surface area contributed by atoms with Crippen molar-refractivity contribution in [2.24, 2.45) is 0 Å². The van der Waals surface area contributed by atoms with Gasteiger partial charge < -0.3 is 0 Å². The molecule has 0 fully saturated rings. The van der Waals surface area contributed by atoms with Crippen molar-refractivity contribution in [2.45, 2.75) is 6.92 Å². The average Bonchev–Trinajstić information content (AvgIpc) is 2.34. The number of aldehydes is 1. The van der Waals surface area contributed by atoms with Gasteiger partial charge in [-0.25, -0.2) is 0 Å². The molecule has 5 nitrogen and oxygen atoms in total. The monoisotopic (exact) mass is 263 g/mol. The van der Waals surface area contributed by atoms with Gasteiger partial charge in [-0.2, -0.15) is 0 Å². The minimum Gasteiger partial charge on any atom is -0.298 e. The van der Waals surface area contributed by atoms with Crippen molar-refractivity contribution in [1.82, 2.24) is 0 Å². The third kappa shape index (κ3) is 4.03. The number of thioether (sulfide) groups is 1. The van der Waals surface area contributed by atoms with Crippen molar-refractivity contribution in [3.05, 3.63) is 39.4 Å². The number of hydrogen-bond donors (Lipinski definition) is 0. The molecule has 0 unspecified atom stereocenters. The van der Waals surface area contributed by atoms with E-state index in [1.807, 2.05) is 0 Å². The van der Waals surface area contributed by atoms with Gasteiger partial charge in [0, 0.05) is 30.2 Å². The molecule has 0 aliphatic heterocycles. The highest BCUT2D eigenvalue weighted by Crippen LogP contribution is 2.15. The van der Waals surface area contributed by atoms with Crippen molar-refractivity contribution >= 4 is 28.9 Å². The highest BCUT2D eigenvalue weighted by molar-refractivity contribution is 8.13. The molecule has 0 heterocycles. The van der Waals surface area contributed by atoms with Crippen LogP contribution in [-0.4, -0.2) is 22.1 Å². The number of nitro benzene ring substituents is 1. The second-order valence-corrected chi connectivity index (χ2v) is 4.38. The minimum atomic E-state index is -0.574. The lowest BCUT2D eigenvalue weighted by Gasteiger charge is -1.96. The van der Waals surface area contributed by atoms with Crippen molar-refractivity contribution in [3.8, 4) is 11.8 Å². The number of hydrogen-bond acceptors (Lipinski definition) is 5. The van der Waals surface area contributed by atoms with E-state index in [0.717, 1.165) is 11.8 Å². The molecule has 18 heavy (non-hydrogen) atoms. The van der Waals surface area contributed by atoms with E-state index in [-0.39, 0.29) is 16.4 Å². The zero-order valence-electron chi connectivity index (χ0n) is 9.50. The number of carbonyl (C=O) groups excluding carboxylic acids is 2. The first-order valence-corrected chi connectivity index (χ1v) is 5.89. The highest BCUT2D eigenvalue weighted by atomic mass is 32.2. The second-order valence-electron chi connectivity index (χ2n) is 3.23. The summed E-state index contributed by atoms with van der Waals surface area (Å²) < 4.78 is 0. The molecule has 6 heteroatoms. The Balaban J connectivity index is 2.92. The average molecular weight is 263 g/mol. The standard InChI is InChI=1S/C12H9NO4S/c1-9(15)18-6-2-3-10-4-5-12(13(16)17)7-11(10)8-14/h4-5,7-8H,6H2,1H3. The molecule has 0 saturated carbocycles. The van der Waals surface area contributed by atoms with Gasteiger partial charge in [-0.1, -0.05) is 23.6 Å². The molecule has 0 spiro atoms. The Hall–Kier alpha value is -2.13. The molecular weight excluding hydrogens is 254 g/mol. The van der Waals surface area contributed by atoms with E-state index in [1.54, 1.807) is 0 Å². The quantitative estimate of drug-likeness (QED) is 0.361. The lowest BCUT2D eigenvalue weighted by Crippen LogP contribution is -1.93. The Bertz CT molecular complexity index is 557. The number of nitrogens with zero attached hydrogens (tertiary/aromatic N) is 1. The van der Waals surface area contributed by atoms with Crippen LogP contribution < -0.4 is 0 Å². The third-order valence-corrected chi connectivity index (χ3v) is 2.64. The lowest BCUT2D eigenvalue weighted by atomic mass is 10.1. The summed E-state index contributed by atoms with van der Waals surface area (Å²) in [7, 11) is 0. The summed E-state index contributed by atoms with van der Waals surface area (Å²) >= 11 is 1.06. The topological polar surface area (TPSA) is 77.3 Å². The smallest absolute Gasteiger partial charge is 0.270 e. The first-order valence-electron chi connectivity index (χ1n) is 4.90. The number of nitro groups is 1. The molecule has 1 rings (SSSR count). The SMILES string of the molecule is CC(=O)SCC#Cc1ccc([N+](=O)[O-])cc1C=O. The number of benzene rings is 1. The molecule has 0 aliphatic rings. The largest absolute Gasteiger partial charge is 0.298 e. The van der Waals surface area contributed by atoms with Crippen molar-refractivity contribution in [1.29, 1.82) is 0 Å². The van der Waals surface area contributed by atoms with Gasteiger partial charge in [0.1, 0.15) is 0 Å². The van der Waals surface area contributed by atoms with E-state index in [1.165, 1.54) is 25.1 Å². The normalized spacial score (nSPS) is 9.17. The predicted molar refractivity (Wildman–Crippen MR) is 68.5 cm³/mol. The van der Waals surface area contributed by atoms with Crippen LogP contribution in [0.4, 0.5) is 5.69 Å². The van der Waals surface area contributed by atoms with E-state index in [2.05, 4.69) is 11.8 Å². The van der Waals surface area contributed by atoms with Gasteiger partial charge in [0.25, 0.3) is 5.69 Å². The molecule has 0 radical (unpaired) electrons. The minimum absolute atomic E-state index is 0.0383. The highest BCUT2D eigenvalue weighted by Gasteiger charge is 2.08. The Morgan fingerprint density at radius 1 is 1.56 bits per heavy atom. The molecule has 1 aromatic rings. The van der Waals surface area contributed by atoms with Crippen molar-refractivity contribution in [2.75, 3.05) is 5.75 Å². The maximum Gasteiger partial charge on any atom is 0.270 e. The van der Waals surface area contributed by atoms with Crippen LogP contribution in [0, 0.1) is 22.0 Å². The lowest BCUT2D eigenvalue weighted by molar-refractivity contribution is -0.384. The van der Waals surface area contributed by atoms with Crippen LogP contribution in [0.15, 0.2) is 18.2 Å². The summed E-state index contributed by atoms with van der Waals surface area (Å²) in [5, 5.41) is 10.5. The summed E-state index contributed by atoms with van der Waals surface area (Å²) in [5.41, 5.74) is 0.435. The molecule has 92 valence electrons. The van der Waals surface area contributed by atoms with Crippen LogP contribution >= 0.6 is 11.8 Å². The summed E-state index contributed by atoms with van der Waals surface area (Å²) in [6, 6.07) is 3.89. The van der Waals surface area contributed by atoms with Gasteiger partial charge in [-0.3, -0.25) is 19.7 Å². The zero-order valence-corrected chi connectivity index (χ0v) is 10.3. The first kappa shape index (κ1) is 13.9. The van der Waals surface area contributed by atoms with Gasteiger partial charge in [0.05, 0.1) is 10.7 Å². The summed E-state index contributed by atoms with van der Waals surface area (Å²) in [4.78, 5) is 31.4. The molecular formula is C12H9NO4S. The van der Waals surface area contributed by atoms with Gasteiger partial charge >= 0.3 is 0 Å². The molecule has 0 atom stereocenters. The van der Waals surface area contributed by atoms with Crippen molar-refractivity contribution in [3.63, 3.8) is 0 Å². The van der Waals surface area contributed by atoms with Crippen LogP contribution in [0.25, 0.3) is 0 Å². The fraction of sp³-hybridized carbons (Fsp3) is 0.167. The number of rotatable bonds is 3. The van der Waals surface area contributed by atoms with Gasteiger partial charge in [0.2, 0.25) is 0 Å². The molecule has 0 aromatic heterocycles.